The van der Waals surface area contributed by atoms with E-state index in [9.17, 15) is 0 Å². The average Bonchev–Trinajstić information content (AvgIpc) is 2.77. The van der Waals surface area contributed by atoms with Crippen molar-refractivity contribution in [3.05, 3.63) is 28.8 Å². The summed E-state index contributed by atoms with van der Waals surface area (Å²) in [6, 6.07) is 5.61. The Morgan fingerprint density at radius 1 is 1.59 bits per heavy atom. The molecule has 2 rings (SSSR count). The van der Waals surface area contributed by atoms with Crippen molar-refractivity contribution in [3.63, 3.8) is 0 Å². The van der Waals surface area contributed by atoms with Crippen LogP contribution < -0.4 is 10.6 Å². The van der Waals surface area contributed by atoms with Crippen LogP contribution >= 0.6 is 11.6 Å². The summed E-state index contributed by atoms with van der Waals surface area (Å²) in [7, 11) is 0. The highest BCUT2D eigenvalue weighted by Gasteiger charge is 2.23. The molecule has 3 N–H and O–H groups in total. The van der Waals surface area contributed by atoms with Crippen molar-refractivity contribution in [2.75, 3.05) is 18.0 Å². The summed E-state index contributed by atoms with van der Waals surface area (Å²) in [5.41, 5.74) is 7.40. The minimum absolute atomic E-state index is 0.0856. The largest absolute Gasteiger partial charge is 0.384 e. The lowest BCUT2D eigenvalue weighted by molar-refractivity contribution is 0.569. The molecule has 1 aliphatic heterocycles. The van der Waals surface area contributed by atoms with E-state index in [1.54, 1.807) is 6.07 Å². The van der Waals surface area contributed by atoms with Crippen molar-refractivity contribution in [2.24, 2.45) is 11.7 Å². The number of halogens is 1. The third kappa shape index (κ3) is 2.55. The fourth-order valence-electron chi connectivity index (χ4n) is 2.38. The summed E-state index contributed by atoms with van der Waals surface area (Å²) in [6.45, 7) is 4.32. The van der Waals surface area contributed by atoms with E-state index in [-0.39, 0.29) is 5.84 Å². The molecular formula is C13H18ClN3. The van der Waals surface area contributed by atoms with Crippen molar-refractivity contribution < 1.29 is 0 Å². The topological polar surface area (TPSA) is 53.1 Å². The molecule has 92 valence electrons. The highest BCUT2D eigenvalue weighted by atomic mass is 35.5. The number of nitrogen functional groups attached to an aromatic ring is 1. The molecule has 0 radical (unpaired) electrons. The number of nitrogens with one attached hydrogen (secondary N) is 1. The van der Waals surface area contributed by atoms with E-state index in [4.69, 9.17) is 22.7 Å². The number of amidine groups is 1. The van der Waals surface area contributed by atoms with E-state index < -0.39 is 0 Å². The minimum atomic E-state index is 0.0856. The molecule has 1 saturated heterocycles. The summed E-state index contributed by atoms with van der Waals surface area (Å²) < 4.78 is 0. The third-order valence-electron chi connectivity index (χ3n) is 3.45. The van der Waals surface area contributed by atoms with Gasteiger partial charge in [-0.3, -0.25) is 5.41 Å². The van der Waals surface area contributed by atoms with E-state index >= 15 is 0 Å². The molecular weight excluding hydrogens is 234 g/mol. The summed E-state index contributed by atoms with van der Waals surface area (Å²) in [5, 5.41) is 8.25. The van der Waals surface area contributed by atoms with Crippen LogP contribution in [0.3, 0.4) is 0 Å². The zero-order valence-electron chi connectivity index (χ0n) is 10.0. The highest BCUT2D eigenvalue weighted by molar-refractivity contribution is 6.31. The summed E-state index contributed by atoms with van der Waals surface area (Å²) >= 11 is 5.95. The first kappa shape index (κ1) is 12.2. The zero-order chi connectivity index (χ0) is 12.4. The predicted molar refractivity (Wildman–Crippen MR) is 73.1 cm³/mol. The molecule has 0 amide bonds. The van der Waals surface area contributed by atoms with Gasteiger partial charge in [-0.15, -0.1) is 0 Å². The molecule has 1 fully saturated rings. The van der Waals surface area contributed by atoms with Crippen molar-refractivity contribution in [2.45, 2.75) is 19.8 Å². The van der Waals surface area contributed by atoms with Gasteiger partial charge in [-0.2, -0.15) is 0 Å². The second-order valence-electron chi connectivity index (χ2n) is 4.58. The Morgan fingerprint density at radius 2 is 2.35 bits per heavy atom. The number of anilines is 1. The highest BCUT2D eigenvalue weighted by Crippen LogP contribution is 2.29. The molecule has 4 heteroatoms. The standard InChI is InChI=1S/C13H18ClN3/c1-2-9-5-6-17(8-9)12-4-3-10(14)7-11(12)13(15)16/h3-4,7,9H,2,5-6,8H2,1H3,(H3,15,16). The number of rotatable bonds is 3. The van der Waals surface area contributed by atoms with E-state index in [0.717, 1.165) is 30.3 Å². The van der Waals surface area contributed by atoms with Crippen LogP contribution in [0.2, 0.25) is 5.02 Å². The lowest BCUT2D eigenvalue weighted by Gasteiger charge is -2.21. The first-order chi connectivity index (χ1) is 8.11. The van der Waals surface area contributed by atoms with E-state index in [1.165, 1.54) is 12.8 Å². The van der Waals surface area contributed by atoms with Gasteiger partial charge in [-0.1, -0.05) is 24.9 Å². The predicted octanol–water partition coefficient (Wildman–Crippen LogP) is 2.86. The first-order valence-electron chi connectivity index (χ1n) is 6.00. The zero-order valence-corrected chi connectivity index (χ0v) is 10.8. The Bertz CT molecular complexity index is 431. The summed E-state index contributed by atoms with van der Waals surface area (Å²) in [5.74, 6) is 0.841. The lowest BCUT2D eigenvalue weighted by Crippen LogP contribution is -2.24. The Kier molecular flexibility index (Phi) is 3.57. The van der Waals surface area contributed by atoms with Crippen molar-refractivity contribution in [1.29, 1.82) is 5.41 Å². The monoisotopic (exact) mass is 251 g/mol. The number of nitrogens with zero attached hydrogens (tertiary/aromatic N) is 1. The smallest absolute Gasteiger partial charge is 0.124 e. The lowest BCUT2D eigenvalue weighted by atomic mass is 10.1. The van der Waals surface area contributed by atoms with Gasteiger partial charge >= 0.3 is 0 Å². The molecule has 1 unspecified atom stereocenters. The molecule has 1 aliphatic rings. The number of benzene rings is 1. The molecule has 0 aromatic heterocycles. The van der Waals surface area contributed by atoms with Crippen LogP contribution in [0.5, 0.6) is 0 Å². The second-order valence-corrected chi connectivity index (χ2v) is 5.02. The van der Waals surface area contributed by atoms with E-state index in [0.29, 0.717) is 5.02 Å². The minimum Gasteiger partial charge on any atom is -0.384 e. The Hall–Kier alpha value is -1.22. The molecule has 3 nitrogen and oxygen atoms in total. The van der Waals surface area contributed by atoms with Gasteiger partial charge in [0.1, 0.15) is 5.84 Å². The van der Waals surface area contributed by atoms with Gasteiger partial charge in [0.05, 0.1) is 0 Å². The fraction of sp³-hybridized carbons (Fsp3) is 0.462. The molecule has 1 aromatic carbocycles. The molecule has 17 heavy (non-hydrogen) atoms. The quantitative estimate of drug-likeness (QED) is 0.641. The Morgan fingerprint density at radius 3 is 2.94 bits per heavy atom. The normalized spacial score (nSPS) is 19.6. The van der Waals surface area contributed by atoms with E-state index in [2.05, 4.69) is 11.8 Å². The van der Waals surface area contributed by atoms with Crippen molar-refractivity contribution in [3.8, 4) is 0 Å². The number of hydrogen-bond acceptors (Lipinski definition) is 2. The molecule has 1 heterocycles. The van der Waals surface area contributed by atoms with Gasteiger partial charge in [0.15, 0.2) is 0 Å². The SMILES string of the molecule is CCC1CCN(c2ccc(Cl)cc2C(=N)N)C1. The van der Waals surface area contributed by atoms with Crippen LogP contribution in [0, 0.1) is 11.3 Å². The maximum atomic E-state index is 7.62. The molecule has 1 atom stereocenters. The molecule has 0 bridgehead atoms. The van der Waals surface area contributed by atoms with E-state index in [1.807, 2.05) is 12.1 Å². The van der Waals surface area contributed by atoms with Gasteiger partial charge < -0.3 is 10.6 Å². The molecule has 0 aliphatic carbocycles. The van der Waals surface area contributed by atoms with Crippen molar-refractivity contribution in [1.82, 2.24) is 0 Å². The van der Waals surface area contributed by atoms with Crippen LogP contribution in [0.4, 0.5) is 5.69 Å². The summed E-state index contributed by atoms with van der Waals surface area (Å²) in [4.78, 5) is 2.31. The van der Waals surface area contributed by atoms with Crippen molar-refractivity contribution >= 4 is 23.1 Å². The first-order valence-corrected chi connectivity index (χ1v) is 6.38. The fourth-order valence-corrected chi connectivity index (χ4v) is 2.56. The Balaban J connectivity index is 2.29. The molecule has 0 spiro atoms. The second kappa shape index (κ2) is 4.96. The Labute approximate surface area is 107 Å². The number of hydrogen-bond donors (Lipinski definition) is 2. The van der Waals surface area contributed by atoms with Gasteiger partial charge in [0.2, 0.25) is 0 Å². The van der Waals surface area contributed by atoms with Crippen LogP contribution in [0.1, 0.15) is 25.3 Å². The maximum absolute atomic E-state index is 7.62. The van der Waals surface area contributed by atoms with Crippen LogP contribution in [0.25, 0.3) is 0 Å². The van der Waals surface area contributed by atoms with Crippen LogP contribution in [-0.4, -0.2) is 18.9 Å². The van der Waals surface area contributed by atoms with Crippen LogP contribution in [0.15, 0.2) is 18.2 Å². The van der Waals surface area contributed by atoms with Crippen LogP contribution in [-0.2, 0) is 0 Å². The maximum Gasteiger partial charge on any atom is 0.124 e. The van der Waals surface area contributed by atoms with Gasteiger partial charge in [-0.25, -0.2) is 0 Å². The summed E-state index contributed by atoms with van der Waals surface area (Å²) in [6.07, 6.45) is 2.43. The molecule has 0 saturated carbocycles. The third-order valence-corrected chi connectivity index (χ3v) is 3.69. The molecule has 1 aromatic rings. The number of nitrogens with two attached hydrogens (primary N) is 1. The van der Waals surface area contributed by atoms with Gasteiger partial charge in [0, 0.05) is 29.4 Å². The van der Waals surface area contributed by atoms with Gasteiger partial charge in [0.25, 0.3) is 0 Å². The average molecular weight is 252 g/mol. The van der Waals surface area contributed by atoms with Gasteiger partial charge in [-0.05, 0) is 30.5 Å².